The molecule has 0 saturated carbocycles. The van der Waals surface area contributed by atoms with Crippen LogP contribution in [0.15, 0.2) is 79.3 Å². The predicted molar refractivity (Wildman–Crippen MR) is 139 cm³/mol. The zero-order chi connectivity index (χ0) is 23.7. The topological polar surface area (TPSA) is 46.8 Å². The summed E-state index contributed by atoms with van der Waals surface area (Å²) in [5.41, 5.74) is 9.48. The highest BCUT2D eigenvalue weighted by Gasteiger charge is 2.14. The SMILES string of the molecule is Cc1ccc(C)c(Cn2c(Cc3ccncc3)nc3ccc(-c4ccc(N(C)C)nc4)cc32)c1. The fraction of sp³-hybridized carbons (Fsp3) is 0.207. The van der Waals surface area contributed by atoms with Gasteiger partial charge in [0.05, 0.1) is 11.0 Å². The second-order valence-corrected chi connectivity index (χ2v) is 9.08. The zero-order valence-electron chi connectivity index (χ0n) is 20.2. The van der Waals surface area contributed by atoms with Gasteiger partial charge in [0.15, 0.2) is 0 Å². The summed E-state index contributed by atoms with van der Waals surface area (Å²) in [5.74, 6) is 2.00. The second-order valence-electron chi connectivity index (χ2n) is 9.08. The van der Waals surface area contributed by atoms with Crippen molar-refractivity contribution in [3.63, 3.8) is 0 Å². The lowest BCUT2D eigenvalue weighted by Gasteiger charge is -2.14. The van der Waals surface area contributed by atoms with Gasteiger partial charge < -0.3 is 9.47 Å². The third-order valence-corrected chi connectivity index (χ3v) is 6.31. The molecule has 5 aromatic rings. The normalized spacial score (nSPS) is 11.2. The molecule has 0 aliphatic rings. The number of rotatable bonds is 6. The van der Waals surface area contributed by atoms with Crippen molar-refractivity contribution in [2.24, 2.45) is 0 Å². The molecule has 0 radical (unpaired) electrons. The van der Waals surface area contributed by atoms with Crippen molar-refractivity contribution < 1.29 is 0 Å². The van der Waals surface area contributed by atoms with Gasteiger partial charge in [0, 0.05) is 51.2 Å². The Morgan fingerprint density at radius 3 is 2.38 bits per heavy atom. The minimum atomic E-state index is 0.760. The molecule has 34 heavy (non-hydrogen) atoms. The predicted octanol–water partition coefficient (Wildman–Crippen LogP) is 5.82. The van der Waals surface area contributed by atoms with Crippen LogP contribution in [0.3, 0.4) is 0 Å². The van der Waals surface area contributed by atoms with Gasteiger partial charge in [-0.2, -0.15) is 0 Å². The number of aryl methyl sites for hydroxylation is 2. The fourth-order valence-electron chi connectivity index (χ4n) is 4.31. The molecule has 0 bridgehead atoms. The van der Waals surface area contributed by atoms with Gasteiger partial charge in [-0.3, -0.25) is 4.98 Å². The third-order valence-electron chi connectivity index (χ3n) is 6.31. The Hall–Kier alpha value is -3.99. The van der Waals surface area contributed by atoms with E-state index in [1.807, 2.05) is 37.6 Å². The van der Waals surface area contributed by atoms with E-state index in [0.29, 0.717) is 0 Å². The Balaban J connectivity index is 1.62. The van der Waals surface area contributed by atoms with Gasteiger partial charge in [-0.25, -0.2) is 9.97 Å². The molecule has 0 fully saturated rings. The van der Waals surface area contributed by atoms with Crippen LogP contribution in [-0.4, -0.2) is 33.6 Å². The third kappa shape index (κ3) is 4.42. The van der Waals surface area contributed by atoms with E-state index in [2.05, 4.69) is 89.0 Å². The minimum absolute atomic E-state index is 0.760. The highest BCUT2D eigenvalue weighted by atomic mass is 15.1. The van der Waals surface area contributed by atoms with Gasteiger partial charge >= 0.3 is 0 Å². The first-order valence-electron chi connectivity index (χ1n) is 11.6. The Kier molecular flexibility index (Phi) is 5.84. The summed E-state index contributed by atoms with van der Waals surface area (Å²) >= 11 is 0. The van der Waals surface area contributed by atoms with Crippen molar-refractivity contribution in [1.29, 1.82) is 0 Å². The first-order chi connectivity index (χ1) is 16.5. The van der Waals surface area contributed by atoms with Gasteiger partial charge in [-0.15, -0.1) is 0 Å². The van der Waals surface area contributed by atoms with Crippen molar-refractivity contribution in [2.75, 3.05) is 19.0 Å². The van der Waals surface area contributed by atoms with Gasteiger partial charge in [0.2, 0.25) is 0 Å². The maximum absolute atomic E-state index is 5.05. The molecular formula is C29H29N5. The molecular weight excluding hydrogens is 418 g/mol. The van der Waals surface area contributed by atoms with Crippen molar-refractivity contribution in [2.45, 2.75) is 26.8 Å². The first kappa shape index (κ1) is 21.8. The van der Waals surface area contributed by atoms with Crippen LogP contribution in [0.25, 0.3) is 22.2 Å². The van der Waals surface area contributed by atoms with Gasteiger partial charge in [-0.1, -0.05) is 29.8 Å². The molecule has 2 aromatic carbocycles. The summed E-state index contributed by atoms with van der Waals surface area (Å²) in [6.07, 6.45) is 6.39. The molecule has 0 saturated heterocycles. The van der Waals surface area contributed by atoms with E-state index in [4.69, 9.17) is 4.98 Å². The summed E-state index contributed by atoms with van der Waals surface area (Å²) in [4.78, 5) is 15.8. The number of pyridine rings is 2. The average molecular weight is 448 g/mol. The molecule has 3 heterocycles. The monoisotopic (exact) mass is 447 g/mol. The van der Waals surface area contributed by atoms with E-state index >= 15 is 0 Å². The van der Waals surface area contributed by atoms with Crippen molar-refractivity contribution in [3.8, 4) is 11.1 Å². The lowest BCUT2D eigenvalue weighted by atomic mass is 10.0. The number of hydrogen-bond acceptors (Lipinski definition) is 4. The first-order valence-corrected chi connectivity index (χ1v) is 11.6. The molecule has 0 N–H and O–H groups in total. The van der Waals surface area contributed by atoms with E-state index in [9.17, 15) is 0 Å². The maximum Gasteiger partial charge on any atom is 0.127 e. The molecule has 170 valence electrons. The lowest BCUT2D eigenvalue weighted by Crippen LogP contribution is -2.10. The smallest absolute Gasteiger partial charge is 0.127 e. The number of hydrogen-bond donors (Lipinski definition) is 0. The Labute approximate surface area is 200 Å². The van der Waals surface area contributed by atoms with E-state index in [-0.39, 0.29) is 0 Å². The number of anilines is 1. The van der Waals surface area contributed by atoms with Gasteiger partial charge in [-0.05, 0) is 72.5 Å². The van der Waals surface area contributed by atoms with Crippen molar-refractivity contribution in [1.82, 2.24) is 19.5 Å². The Bertz CT molecular complexity index is 1430. The van der Waals surface area contributed by atoms with E-state index in [0.717, 1.165) is 46.8 Å². The lowest BCUT2D eigenvalue weighted by molar-refractivity contribution is 0.758. The molecule has 3 aromatic heterocycles. The highest BCUT2D eigenvalue weighted by Crippen LogP contribution is 2.28. The van der Waals surface area contributed by atoms with Crippen LogP contribution in [-0.2, 0) is 13.0 Å². The van der Waals surface area contributed by atoms with E-state index < -0.39 is 0 Å². The zero-order valence-corrected chi connectivity index (χ0v) is 20.2. The standard InChI is InChI=1S/C29H29N5/c1-20-5-6-21(2)25(15-20)19-34-27-17-23(24-8-10-28(31-18-24)33(3)4)7-9-26(27)32-29(34)16-22-11-13-30-14-12-22/h5-15,17-18H,16,19H2,1-4H3. The van der Waals surface area contributed by atoms with Gasteiger partial charge in [0.1, 0.15) is 11.6 Å². The van der Waals surface area contributed by atoms with E-state index in [1.165, 1.54) is 22.3 Å². The number of benzene rings is 2. The summed E-state index contributed by atoms with van der Waals surface area (Å²) in [5, 5.41) is 0. The summed E-state index contributed by atoms with van der Waals surface area (Å²) in [6.45, 7) is 5.11. The number of imidazole rings is 1. The largest absolute Gasteiger partial charge is 0.363 e. The summed E-state index contributed by atoms with van der Waals surface area (Å²) in [7, 11) is 4.01. The molecule has 0 amide bonds. The van der Waals surface area contributed by atoms with Crippen LogP contribution in [0.5, 0.6) is 0 Å². The molecule has 0 atom stereocenters. The molecule has 5 heteroatoms. The second kappa shape index (κ2) is 9.10. The average Bonchev–Trinajstić information content (AvgIpc) is 3.18. The summed E-state index contributed by atoms with van der Waals surface area (Å²) < 4.78 is 2.36. The molecule has 5 nitrogen and oxygen atoms in total. The number of fused-ring (bicyclic) bond motifs is 1. The van der Waals surface area contributed by atoms with Crippen LogP contribution in [0.4, 0.5) is 5.82 Å². The van der Waals surface area contributed by atoms with Crippen LogP contribution >= 0.6 is 0 Å². The van der Waals surface area contributed by atoms with Crippen LogP contribution in [0.2, 0.25) is 0 Å². The molecule has 0 unspecified atom stereocenters. The van der Waals surface area contributed by atoms with Crippen LogP contribution in [0.1, 0.15) is 28.1 Å². The van der Waals surface area contributed by atoms with E-state index in [1.54, 1.807) is 0 Å². The van der Waals surface area contributed by atoms with Crippen LogP contribution in [0, 0.1) is 13.8 Å². The van der Waals surface area contributed by atoms with Gasteiger partial charge in [0.25, 0.3) is 0 Å². The molecule has 0 spiro atoms. The van der Waals surface area contributed by atoms with Crippen molar-refractivity contribution >= 4 is 16.9 Å². The van der Waals surface area contributed by atoms with Crippen LogP contribution < -0.4 is 4.90 Å². The summed E-state index contributed by atoms with van der Waals surface area (Å²) in [6, 6.07) is 21.5. The quantitative estimate of drug-likeness (QED) is 0.329. The Morgan fingerprint density at radius 2 is 1.65 bits per heavy atom. The fourth-order valence-corrected chi connectivity index (χ4v) is 4.31. The number of aromatic nitrogens is 4. The highest BCUT2D eigenvalue weighted by molar-refractivity contribution is 5.83. The molecule has 5 rings (SSSR count). The molecule has 0 aliphatic heterocycles. The maximum atomic E-state index is 5.05. The number of nitrogens with zero attached hydrogens (tertiary/aromatic N) is 5. The van der Waals surface area contributed by atoms with Crippen molar-refractivity contribution in [3.05, 3.63) is 107 Å². The molecule has 0 aliphatic carbocycles. The Morgan fingerprint density at radius 1 is 0.853 bits per heavy atom. The minimum Gasteiger partial charge on any atom is -0.363 e.